The van der Waals surface area contributed by atoms with Crippen molar-refractivity contribution in [1.29, 1.82) is 0 Å². The van der Waals surface area contributed by atoms with Crippen molar-refractivity contribution < 1.29 is 19.8 Å². The summed E-state index contributed by atoms with van der Waals surface area (Å²) in [5, 5.41) is 21.2. The van der Waals surface area contributed by atoms with E-state index in [1.165, 1.54) is 12.1 Å². The molecule has 0 bridgehead atoms. The lowest BCUT2D eigenvalue weighted by atomic mass is 9.92. The Morgan fingerprint density at radius 1 is 1.27 bits per heavy atom. The van der Waals surface area contributed by atoms with Crippen LogP contribution >= 0.6 is 0 Å². The Bertz CT molecular complexity index is 519. The number of carbonyl (C=O) groups excluding carboxylic acids is 1. The number of nitrogens with zero attached hydrogens (tertiary/aromatic N) is 1. The molecule has 0 saturated carbocycles. The number of carboxylic acids is 1. The number of amides is 2. The summed E-state index contributed by atoms with van der Waals surface area (Å²) in [5.41, 5.74) is 1.09. The molecule has 0 aromatic heterocycles. The molecule has 0 spiro atoms. The summed E-state index contributed by atoms with van der Waals surface area (Å²) in [6.07, 6.45) is 1.31. The Balaban J connectivity index is 1.79. The molecule has 6 heteroatoms. The van der Waals surface area contributed by atoms with E-state index in [2.05, 4.69) is 5.32 Å². The number of hydrogen-bond donors (Lipinski definition) is 3. The van der Waals surface area contributed by atoms with Crippen molar-refractivity contribution >= 4 is 12.0 Å². The van der Waals surface area contributed by atoms with Crippen LogP contribution in [0.3, 0.4) is 0 Å². The number of aliphatic hydroxyl groups excluding tert-OH is 1. The quantitative estimate of drug-likeness (QED) is 0.789. The highest BCUT2D eigenvalue weighted by atomic mass is 16.4. The molecule has 3 N–H and O–H groups in total. The zero-order valence-electron chi connectivity index (χ0n) is 12.7. The van der Waals surface area contributed by atoms with Gasteiger partial charge < -0.3 is 20.4 Å². The molecular formula is C16H22N2O4. The Morgan fingerprint density at radius 2 is 1.86 bits per heavy atom. The van der Waals surface area contributed by atoms with Gasteiger partial charge in [-0.3, -0.25) is 0 Å². The molecule has 1 aromatic rings. The number of benzene rings is 1. The van der Waals surface area contributed by atoms with E-state index in [0.29, 0.717) is 19.6 Å². The van der Waals surface area contributed by atoms with Crippen molar-refractivity contribution in [2.45, 2.75) is 32.4 Å². The van der Waals surface area contributed by atoms with Crippen molar-refractivity contribution in [3.05, 3.63) is 35.4 Å². The van der Waals surface area contributed by atoms with E-state index in [4.69, 9.17) is 5.11 Å². The van der Waals surface area contributed by atoms with Crippen molar-refractivity contribution in [2.24, 2.45) is 5.92 Å². The summed E-state index contributed by atoms with van der Waals surface area (Å²) in [6, 6.07) is 6.33. The number of carbonyl (C=O) groups is 2. The summed E-state index contributed by atoms with van der Waals surface area (Å²) in [6.45, 7) is 3.47. The van der Waals surface area contributed by atoms with E-state index < -0.39 is 5.97 Å². The molecule has 2 rings (SSSR count). The summed E-state index contributed by atoms with van der Waals surface area (Å²) >= 11 is 0. The molecule has 1 heterocycles. The fourth-order valence-corrected chi connectivity index (χ4v) is 2.64. The predicted molar refractivity (Wildman–Crippen MR) is 81.6 cm³/mol. The predicted octanol–water partition coefficient (Wildman–Crippen LogP) is 1.69. The minimum absolute atomic E-state index is 0.119. The highest BCUT2D eigenvalue weighted by molar-refractivity contribution is 5.87. The first-order valence-electron chi connectivity index (χ1n) is 7.50. The van der Waals surface area contributed by atoms with Crippen LogP contribution in [-0.4, -0.2) is 46.3 Å². The second-order valence-electron chi connectivity index (χ2n) is 5.73. The average Bonchev–Trinajstić information content (AvgIpc) is 2.53. The monoisotopic (exact) mass is 306 g/mol. The SMILES string of the molecule is CC(O)C1CCN(C(=O)NCc2ccc(C(=O)O)cc2)CC1. The number of carboxylic acid groups (broad SMARTS) is 1. The Labute approximate surface area is 129 Å². The second kappa shape index (κ2) is 7.26. The van der Waals surface area contributed by atoms with Crippen LogP contribution in [0.25, 0.3) is 0 Å². The van der Waals surface area contributed by atoms with E-state index in [1.807, 2.05) is 0 Å². The standard InChI is InChI=1S/C16H22N2O4/c1-11(19)13-6-8-18(9-7-13)16(22)17-10-12-2-4-14(5-3-12)15(20)21/h2-5,11,13,19H,6-10H2,1H3,(H,17,22)(H,20,21). The maximum atomic E-state index is 12.1. The van der Waals surface area contributed by atoms with Gasteiger partial charge >= 0.3 is 12.0 Å². The zero-order valence-corrected chi connectivity index (χ0v) is 12.7. The highest BCUT2D eigenvalue weighted by Crippen LogP contribution is 2.20. The lowest BCUT2D eigenvalue weighted by molar-refractivity contribution is 0.0697. The average molecular weight is 306 g/mol. The van der Waals surface area contributed by atoms with Crippen molar-refractivity contribution in [2.75, 3.05) is 13.1 Å². The van der Waals surface area contributed by atoms with Gasteiger partial charge in [0, 0.05) is 19.6 Å². The van der Waals surface area contributed by atoms with E-state index >= 15 is 0 Å². The molecule has 6 nitrogen and oxygen atoms in total. The molecule has 1 aliphatic heterocycles. The first-order valence-corrected chi connectivity index (χ1v) is 7.50. The van der Waals surface area contributed by atoms with Crippen LogP contribution in [-0.2, 0) is 6.54 Å². The highest BCUT2D eigenvalue weighted by Gasteiger charge is 2.25. The van der Waals surface area contributed by atoms with Gasteiger partial charge in [-0.2, -0.15) is 0 Å². The molecule has 1 saturated heterocycles. The van der Waals surface area contributed by atoms with Gasteiger partial charge in [0.25, 0.3) is 0 Å². The molecule has 1 unspecified atom stereocenters. The summed E-state index contributed by atoms with van der Waals surface area (Å²) < 4.78 is 0. The number of piperidine rings is 1. The number of aliphatic hydroxyl groups is 1. The van der Waals surface area contributed by atoms with Gasteiger partial charge in [-0.15, -0.1) is 0 Å². The minimum atomic E-state index is -0.962. The maximum absolute atomic E-state index is 12.1. The van der Waals surface area contributed by atoms with Crippen LogP contribution in [0.5, 0.6) is 0 Å². The molecule has 1 aromatic carbocycles. The van der Waals surface area contributed by atoms with Crippen LogP contribution in [0.1, 0.15) is 35.7 Å². The minimum Gasteiger partial charge on any atom is -0.478 e. The summed E-state index contributed by atoms with van der Waals surface area (Å²) in [4.78, 5) is 24.6. The number of likely N-dealkylation sites (tertiary alicyclic amines) is 1. The largest absolute Gasteiger partial charge is 0.478 e. The van der Waals surface area contributed by atoms with Gasteiger partial charge in [0.1, 0.15) is 0 Å². The Morgan fingerprint density at radius 3 is 2.36 bits per heavy atom. The number of hydrogen-bond acceptors (Lipinski definition) is 3. The topological polar surface area (TPSA) is 89.9 Å². The van der Waals surface area contributed by atoms with Crippen LogP contribution in [0.4, 0.5) is 4.79 Å². The molecular weight excluding hydrogens is 284 g/mol. The van der Waals surface area contributed by atoms with Crippen molar-refractivity contribution in [3.63, 3.8) is 0 Å². The summed E-state index contributed by atoms with van der Waals surface area (Å²) in [5.74, 6) is -0.691. The molecule has 1 aliphatic rings. The number of urea groups is 1. The van der Waals surface area contributed by atoms with E-state index in [1.54, 1.807) is 24.0 Å². The van der Waals surface area contributed by atoms with E-state index in [9.17, 15) is 14.7 Å². The second-order valence-corrected chi connectivity index (χ2v) is 5.73. The van der Waals surface area contributed by atoms with Crippen LogP contribution in [0.15, 0.2) is 24.3 Å². The summed E-state index contributed by atoms with van der Waals surface area (Å²) in [7, 11) is 0. The molecule has 0 aliphatic carbocycles. The molecule has 22 heavy (non-hydrogen) atoms. The van der Waals surface area contributed by atoms with E-state index in [-0.39, 0.29) is 23.6 Å². The number of nitrogens with one attached hydrogen (secondary N) is 1. The van der Waals surface area contributed by atoms with Crippen molar-refractivity contribution in [3.8, 4) is 0 Å². The van der Waals surface area contributed by atoms with Gasteiger partial charge in [-0.1, -0.05) is 12.1 Å². The smallest absolute Gasteiger partial charge is 0.335 e. The van der Waals surface area contributed by atoms with Crippen molar-refractivity contribution in [1.82, 2.24) is 10.2 Å². The van der Waals surface area contributed by atoms with Crippen LogP contribution in [0, 0.1) is 5.92 Å². The van der Waals surface area contributed by atoms with Gasteiger partial charge in [-0.25, -0.2) is 9.59 Å². The lowest BCUT2D eigenvalue weighted by Gasteiger charge is -2.33. The van der Waals surface area contributed by atoms with Gasteiger partial charge in [0.2, 0.25) is 0 Å². The van der Waals surface area contributed by atoms with Gasteiger partial charge in [0.05, 0.1) is 11.7 Å². The molecule has 0 radical (unpaired) electrons. The number of rotatable bonds is 4. The van der Waals surface area contributed by atoms with Crippen LogP contribution < -0.4 is 5.32 Å². The van der Waals surface area contributed by atoms with Gasteiger partial charge in [0.15, 0.2) is 0 Å². The third kappa shape index (κ3) is 4.21. The normalized spacial score (nSPS) is 17.1. The Hall–Kier alpha value is -2.08. The fourth-order valence-electron chi connectivity index (χ4n) is 2.64. The molecule has 120 valence electrons. The van der Waals surface area contributed by atoms with Gasteiger partial charge in [-0.05, 0) is 43.4 Å². The molecule has 2 amide bonds. The fraction of sp³-hybridized carbons (Fsp3) is 0.500. The number of aromatic carboxylic acids is 1. The zero-order chi connectivity index (χ0) is 16.1. The third-order valence-electron chi connectivity index (χ3n) is 4.15. The first-order chi connectivity index (χ1) is 10.5. The lowest BCUT2D eigenvalue weighted by Crippen LogP contribution is -2.45. The third-order valence-corrected chi connectivity index (χ3v) is 4.15. The van der Waals surface area contributed by atoms with Crippen LogP contribution in [0.2, 0.25) is 0 Å². The first kappa shape index (κ1) is 16.3. The molecule has 1 atom stereocenters. The maximum Gasteiger partial charge on any atom is 0.335 e. The Kier molecular flexibility index (Phi) is 5.38. The molecule has 1 fully saturated rings. The van der Waals surface area contributed by atoms with E-state index in [0.717, 1.165) is 18.4 Å².